The molecule has 18 heavy (non-hydrogen) atoms. The number of hydrogen-bond acceptors (Lipinski definition) is 2. The Labute approximate surface area is 110 Å². The zero-order valence-electron chi connectivity index (χ0n) is 11.2. The molecule has 2 heteroatoms. The molecule has 0 atom stereocenters. The van der Waals surface area contributed by atoms with E-state index in [1.165, 1.54) is 44.3 Å². The van der Waals surface area contributed by atoms with Gasteiger partial charge in [0.05, 0.1) is 0 Å². The zero-order valence-corrected chi connectivity index (χ0v) is 11.2. The molecule has 1 saturated carbocycles. The van der Waals surface area contributed by atoms with Gasteiger partial charge in [0, 0.05) is 18.3 Å². The van der Waals surface area contributed by atoms with Crippen LogP contribution in [-0.2, 0) is 12.8 Å². The Bertz CT molecular complexity index is 408. The van der Waals surface area contributed by atoms with Gasteiger partial charge in [0.15, 0.2) is 0 Å². The largest absolute Gasteiger partial charge is 0.368 e. The molecule has 1 aliphatic heterocycles. The molecule has 1 fully saturated rings. The SMILES string of the molecule is NCCCc1cccc2c1CCN2C1CCCC1. The van der Waals surface area contributed by atoms with Crippen molar-refractivity contribution in [3.63, 3.8) is 0 Å². The fourth-order valence-corrected chi connectivity index (χ4v) is 3.65. The molecule has 0 bridgehead atoms. The summed E-state index contributed by atoms with van der Waals surface area (Å²) >= 11 is 0. The predicted molar refractivity (Wildman–Crippen MR) is 77.1 cm³/mol. The van der Waals surface area contributed by atoms with E-state index < -0.39 is 0 Å². The van der Waals surface area contributed by atoms with Gasteiger partial charge in [0.1, 0.15) is 0 Å². The van der Waals surface area contributed by atoms with Gasteiger partial charge in [-0.3, -0.25) is 0 Å². The minimum Gasteiger partial charge on any atom is -0.368 e. The van der Waals surface area contributed by atoms with Gasteiger partial charge < -0.3 is 10.6 Å². The lowest BCUT2D eigenvalue weighted by atomic mass is 10.0. The number of nitrogens with two attached hydrogens (primary N) is 1. The molecule has 1 aromatic rings. The third-order valence-electron chi connectivity index (χ3n) is 4.58. The Balaban J connectivity index is 1.82. The Morgan fingerprint density at radius 3 is 2.83 bits per heavy atom. The zero-order chi connectivity index (χ0) is 12.4. The number of aryl methyl sites for hydroxylation is 1. The molecular weight excluding hydrogens is 220 g/mol. The van der Waals surface area contributed by atoms with Crippen molar-refractivity contribution in [1.29, 1.82) is 0 Å². The first kappa shape index (κ1) is 12.0. The topological polar surface area (TPSA) is 29.3 Å². The lowest BCUT2D eigenvalue weighted by Crippen LogP contribution is -2.31. The Hall–Kier alpha value is -1.02. The second-order valence-electron chi connectivity index (χ2n) is 5.69. The van der Waals surface area contributed by atoms with Gasteiger partial charge in [-0.2, -0.15) is 0 Å². The fraction of sp³-hybridized carbons (Fsp3) is 0.625. The number of benzene rings is 1. The maximum absolute atomic E-state index is 5.64. The van der Waals surface area contributed by atoms with Crippen LogP contribution in [0.4, 0.5) is 5.69 Å². The van der Waals surface area contributed by atoms with Crippen LogP contribution in [0.5, 0.6) is 0 Å². The molecule has 1 heterocycles. The van der Waals surface area contributed by atoms with E-state index in [9.17, 15) is 0 Å². The molecular formula is C16H24N2. The molecule has 3 rings (SSSR count). The second-order valence-corrected chi connectivity index (χ2v) is 5.69. The molecule has 1 aliphatic carbocycles. The summed E-state index contributed by atoms with van der Waals surface area (Å²) in [5.41, 5.74) is 10.3. The fourth-order valence-electron chi connectivity index (χ4n) is 3.65. The Morgan fingerprint density at radius 1 is 1.22 bits per heavy atom. The van der Waals surface area contributed by atoms with E-state index in [-0.39, 0.29) is 0 Å². The number of rotatable bonds is 4. The van der Waals surface area contributed by atoms with Gasteiger partial charge >= 0.3 is 0 Å². The third kappa shape index (κ3) is 2.14. The number of hydrogen-bond donors (Lipinski definition) is 1. The molecule has 0 amide bonds. The first-order chi connectivity index (χ1) is 8.90. The summed E-state index contributed by atoms with van der Waals surface area (Å²) in [4.78, 5) is 2.67. The molecule has 0 unspecified atom stereocenters. The summed E-state index contributed by atoms with van der Waals surface area (Å²) < 4.78 is 0. The minimum atomic E-state index is 0.802. The van der Waals surface area contributed by atoms with Crippen LogP contribution in [0.3, 0.4) is 0 Å². The summed E-state index contributed by atoms with van der Waals surface area (Å²) in [5.74, 6) is 0. The van der Waals surface area contributed by atoms with Gasteiger partial charge in [-0.25, -0.2) is 0 Å². The van der Waals surface area contributed by atoms with Gasteiger partial charge in [-0.05, 0) is 55.8 Å². The van der Waals surface area contributed by atoms with E-state index >= 15 is 0 Å². The normalized spacial score (nSPS) is 19.5. The van der Waals surface area contributed by atoms with Crippen molar-refractivity contribution in [1.82, 2.24) is 0 Å². The van der Waals surface area contributed by atoms with Gasteiger partial charge in [0.25, 0.3) is 0 Å². The van der Waals surface area contributed by atoms with Crippen LogP contribution in [0, 0.1) is 0 Å². The summed E-state index contributed by atoms with van der Waals surface area (Å²) in [7, 11) is 0. The van der Waals surface area contributed by atoms with Crippen molar-refractivity contribution in [3.05, 3.63) is 29.3 Å². The number of fused-ring (bicyclic) bond motifs is 1. The maximum atomic E-state index is 5.64. The lowest BCUT2D eigenvalue weighted by Gasteiger charge is -2.27. The summed E-state index contributed by atoms with van der Waals surface area (Å²) in [6.07, 6.45) is 9.14. The highest BCUT2D eigenvalue weighted by molar-refractivity contribution is 5.61. The maximum Gasteiger partial charge on any atom is 0.0404 e. The van der Waals surface area contributed by atoms with E-state index in [1.807, 2.05) is 0 Å². The van der Waals surface area contributed by atoms with Crippen molar-refractivity contribution >= 4 is 5.69 Å². The van der Waals surface area contributed by atoms with Crippen LogP contribution in [0.15, 0.2) is 18.2 Å². The van der Waals surface area contributed by atoms with Gasteiger partial charge in [-0.1, -0.05) is 25.0 Å². The van der Waals surface area contributed by atoms with Gasteiger partial charge in [0.2, 0.25) is 0 Å². The Morgan fingerprint density at radius 2 is 2.06 bits per heavy atom. The van der Waals surface area contributed by atoms with E-state index in [2.05, 4.69) is 23.1 Å². The smallest absolute Gasteiger partial charge is 0.0404 e. The molecule has 0 radical (unpaired) electrons. The molecule has 2 N–H and O–H groups in total. The minimum absolute atomic E-state index is 0.802. The average Bonchev–Trinajstić information content (AvgIpc) is 3.04. The highest BCUT2D eigenvalue weighted by Crippen LogP contribution is 2.36. The van der Waals surface area contributed by atoms with E-state index in [0.717, 1.165) is 25.4 Å². The molecule has 0 aromatic heterocycles. The first-order valence-corrected chi connectivity index (χ1v) is 7.47. The Kier molecular flexibility index (Phi) is 3.55. The van der Waals surface area contributed by atoms with Gasteiger partial charge in [-0.15, -0.1) is 0 Å². The van der Waals surface area contributed by atoms with Crippen LogP contribution < -0.4 is 10.6 Å². The van der Waals surface area contributed by atoms with E-state index in [0.29, 0.717) is 0 Å². The summed E-state index contributed by atoms with van der Waals surface area (Å²) in [6.45, 7) is 2.04. The lowest BCUT2D eigenvalue weighted by molar-refractivity contribution is 0.625. The monoisotopic (exact) mass is 244 g/mol. The highest BCUT2D eigenvalue weighted by Gasteiger charge is 2.28. The van der Waals surface area contributed by atoms with Crippen LogP contribution in [0.1, 0.15) is 43.2 Å². The summed E-state index contributed by atoms with van der Waals surface area (Å²) in [5, 5.41) is 0. The standard InChI is InChI=1S/C16H24N2/c17-11-4-6-13-5-3-9-16-15(13)10-12-18(16)14-7-1-2-8-14/h3,5,9,14H,1-2,4,6-8,10-12,17H2. The quantitative estimate of drug-likeness (QED) is 0.882. The third-order valence-corrected chi connectivity index (χ3v) is 4.58. The molecule has 2 nitrogen and oxygen atoms in total. The predicted octanol–water partition coefficient (Wildman–Crippen LogP) is 2.88. The van der Waals surface area contributed by atoms with E-state index in [4.69, 9.17) is 5.73 Å². The number of nitrogens with zero attached hydrogens (tertiary/aromatic N) is 1. The molecule has 98 valence electrons. The van der Waals surface area contributed by atoms with Crippen LogP contribution in [0.2, 0.25) is 0 Å². The second kappa shape index (κ2) is 5.31. The van der Waals surface area contributed by atoms with Crippen LogP contribution in [-0.4, -0.2) is 19.1 Å². The van der Waals surface area contributed by atoms with Crippen LogP contribution >= 0.6 is 0 Å². The highest BCUT2D eigenvalue weighted by atomic mass is 15.2. The van der Waals surface area contributed by atoms with Crippen molar-refractivity contribution in [2.24, 2.45) is 5.73 Å². The molecule has 1 aromatic carbocycles. The average molecular weight is 244 g/mol. The molecule has 0 spiro atoms. The molecule has 2 aliphatic rings. The van der Waals surface area contributed by atoms with Crippen molar-refractivity contribution < 1.29 is 0 Å². The molecule has 0 saturated heterocycles. The first-order valence-electron chi connectivity index (χ1n) is 7.47. The van der Waals surface area contributed by atoms with E-state index in [1.54, 1.807) is 11.1 Å². The summed E-state index contributed by atoms with van der Waals surface area (Å²) in [6, 6.07) is 7.67. The number of anilines is 1. The van der Waals surface area contributed by atoms with Crippen LogP contribution in [0.25, 0.3) is 0 Å². The van der Waals surface area contributed by atoms with Crippen molar-refractivity contribution in [2.75, 3.05) is 18.0 Å². The van der Waals surface area contributed by atoms with Crippen molar-refractivity contribution in [3.8, 4) is 0 Å². The van der Waals surface area contributed by atoms with Crippen molar-refractivity contribution in [2.45, 2.75) is 51.0 Å².